The minimum atomic E-state index is -0.356. The van der Waals surface area contributed by atoms with Crippen LogP contribution in [0.15, 0.2) is 24.3 Å². The molecule has 4 nitrogen and oxygen atoms in total. The van der Waals surface area contributed by atoms with Gasteiger partial charge >= 0.3 is 0 Å². The summed E-state index contributed by atoms with van der Waals surface area (Å²) >= 11 is 2.21. The van der Waals surface area contributed by atoms with Gasteiger partial charge in [0.1, 0.15) is 6.04 Å². The summed E-state index contributed by atoms with van der Waals surface area (Å²) in [5, 5.41) is 3.11. The second-order valence-electron chi connectivity index (χ2n) is 7.47. The van der Waals surface area contributed by atoms with Gasteiger partial charge < -0.3 is 10.2 Å². The summed E-state index contributed by atoms with van der Waals surface area (Å²) in [5.74, 6) is 0.281. The van der Waals surface area contributed by atoms with Gasteiger partial charge in [-0.3, -0.25) is 9.59 Å². The lowest BCUT2D eigenvalue weighted by molar-refractivity contribution is -0.128. The van der Waals surface area contributed by atoms with E-state index in [0.717, 1.165) is 48.5 Å². The molecule has 0 saturated heterocycles. The number of hydrogen-bond acceptors (Lipinski definition) is 2. The minimum absolute atomic E-state index is 0.0111. The summed E-state index contributed by atoms with van der Waals surface area (Å²) in [7, 11) is 0. The van der Waals surface area contributed by atoms with Crippen LogP contribution >= 0.6 is 22.6 Å². The van der Waals surface area contributed by atoms with Crippen molar-refractivity contribution < 1.29 is 9.59 Å². The number of nitrogens with zero attached hydrogens (tertiary/aromatic N) is 1. The van der Waals surface area contributed by atoms with Crippen molar-refractivity contribution in [3.8, 4) is 0 Å². The molecular weight excluding hydrogens is 451 g/mol. The fraction of sp³-hybridized carbons (Fsp3) is 0.636. The van der Waals surface area contributed by atoms with E-state index in [9.17, 15) is 9.59 Å². The van der Waals surface area contributed by atoms with Gasteiger partial charge in [-0.15, -0.1) is 0 Å². The van der Waals surface area contributed by atoms with Crippen molar-refractivity contribution in [1.29, 1.82) is 0 Å². The predicted molar refractivity (Wildman–Crippen MR) is 119 cm³/mol. The van der Waals surface area contributed by atoms with Crippen LogP contribution in [0.4, 0.5) is 0 Å². The quantitative estimate of drug-likeness (QED) is 0.396. The monoisotopic (exact) mass is 484 g/mol. The van der Waals surface area contributed by atoms with E-state index in [0.29, 0.717) is 18.7 Å². The van der Waals surface area contributed by atoms with Gasteiger partial charge in [0.05, 0.1) is 5.56 Å². The Balaban J connectivity index is 2.30. The van der Waals surface area contributed by atoms with E-state index in [1.807, 2.05) is 29.2 Å². The summed E-state index contributed by atoms with van der Waals surface area (Å²) in [6.45, 7) is 5.50. The Morgan fingerprint density at radius 3 is 2.48 bits per heavy atom. The Morgan fingerprint density at radius 1 is 1.15 bits per heavy atom. The number of carbonyl (C=O) groups excluding carboxylic acids is 2. The Labute approximate surface area is 177 Å². The highest BCUT2D eigenvalue weighted by Crippen LogP contribution is 2.30. The Kier molecular flexibility index (Phi) is 9.59. The van der Waals surface area contributed by atoms with E-state index in [4.69, 9.17) is 0 Å². The maximum absolute atomic E-state index is 13.4. The predicted octanol–water partition coefficient (Wildman–Crippen LogP) is 5.01. The average Bonchev–Trinajstić information content (AvgIpc) is 2.68. The van der Waals surface area contributed by atoms with Gasteiger partial charge in [0, 0.05) is 16.7 Å². The van der Waals surface area contributed by atoms with Crippen LogP contribution in [0.25, 0.3) is 0 Å². The zero-order valence-electron chi connectivity index (χ0n) is 16.7. The third-order valence-corrected chi connectivity index (χ3v) is 6.30. The summed E-state index contributed by atoms with van der Waals surface area (Å²) in [6.07, 6.45) is 8.48. The van der Waals surface area contributed by atoms with E-state index < -0.39 is 0 Å². The molecule has 1 unspecified atom stereocenters. The van der Waals surface area contributed by atoms with Crippen molar-refractivity contribution in [2.75, 3.05) is 13.1 Å². The molecule has 1 N–H and O–H groups in total. The molecule has 5 heteroatoms. The number of amides is 2. The minimum Gasteiger partial charge on any atom is -0.354 e. The molecule has 1 aliphatic carbocycles. The Hall–Kier alpha value is -1.11. The van der Waals surface area contributed by atoms with E-state index >= 15 is 0 Å². The highest BCUT2D eigenvalue weighted by Gasteiger charge is 2.37. The fourth-order valence-electron chi connectivity index (χ4n) is 3.95. The number of unbranched alkanes of at least 4 members (excludes halogenated alkanes) is 1. The Morgan fingerprint density at radius 2 is 1.85 bits per heavy atom. The number of carbonyl (C=O) groups is 2. The lowest BCUT2D eigenvalue weighted by atomic mass is 9.82. The lowest BCUT2D eigenvalue weighted by Crippen LogP contribution is -2.54. The van der Waals surface area contributed by atoms with Crippen LogP contribution in [0, 0.1) is 9.49 Å². The maximum Gasteiger partial charge on any atom is 0.255 e. The van der Waals surface area contributed by atoms with Crippen molar-refractivity contribution in [3.63, 3.8) is 0 Å². The summed E-state index contributed by atoms with van der Waals surface area (Å²) in [6, 6.07) is 7.31. The molecule has 0 aliphatic heterocycles. The molecule has 2 amide bonds. The molecule has 0 radical (unpaired) electrons. The van der Waals surface area contributed by atoms with Crippen LogP contribution in [-0.4, -0.2) is 35.8 Å². The summed E-state index contributed by atoms with van der Waals surface area (Å²) in [5.41, 5.74) is 0.703. The normalized spacial score (nSPS) is 16.0. The Bertz CT molecular complexity index is 614. The maximum atomic E-state index is 13.4. The second kappa shape index (κ2) is 11.7. The van der Waals surface area contributed by atoms with Gasteiger partial charge in [0.15, 0.2) is 0 Å². The highest BCUT2D eigenvalue weighted by atomic mass is 127. The first-order valence-corrected chi connectivity index (χ1v) is 11.5. The number of benzene rings is 1. The van der Waals surface area contributed by atoms with Crippen LogP contribution in [0.1, 0.15) is 75.6 Å². The van der Waals surface area contributed by atoms with Gasteiger partial charge in [0.25, 0.3) is 5.91 Å². The van der Waals surface area contributed by atoms with E-state index in [1.165, 1.54) is 6.42 Å². The number of halogens is 1. The van der Waals surface area contributed by atoms with Crippen molar-refractivity contribution in [2.45, 2.75) is 71.3 Å². The van der Waals surface area contributed by atoms with Gasteiger partial charge in [-0.2, -0.15) is 0 Å². The molecule has 150 valence electrons. The van der Waals surface area contributed by atoms with Gasteiger partial charge in [-0.25, -0.2) is 0 Å². The van der Waals surface area contributed by atoms with Crippen LogP contribution in [0.3, 0.4) is 0 Å². The van der Waals surface area contributed by atoms with Crippen molar-refractivity contribution in [3.05, 3.63) is 33.4 Å². The van der Waals surface area contributed by atoms with Crippen molar-refractivity contribution >= 4 is 34.4 Å². The first-order valence-electron chi connectivity index (χ1n) is 10.4. The highest BCUT2D eigenvalue weighted by molar-refractivity contribution is 14.1. The molecule has 27 heavy (non-hydrogen) atoms. The van der Waals surface area contributed by atoms with Crippen LogP contribution in [0.2, 0.25) is 0 Å². The van der Waals surface area contributed by atoms with Gasteiger partial charge in [-0.05, 0) is 66.3 Å². The third kappa shape index (κ3) is 6.19. The first kappa shape index (κ1) is 22.2. The van der Waals surface area contributed by atoms with E-state index in [-0.39, 0.29) is 23.8 Å². The van der Waals surface area contributed by atoms with Gasteiger partial charge in [0.2, 0.25) is 5.91 Å². The second-order valence-corrected chi connectivity index (χ2v) is 8.63. The topological polar surface area (TPSA) is 49.4 Å². The first-order chi connectivity index (χ1) is 13.1. The number of hydrogen-bond donors (Lipinski definition) is 1. The van der Waals surface area contributed by atoms with Crippen LogP contribution < -0.4 is 5.32 Å². The van der Waals surface area contributed by atoms with Crippen LogP contribution in [0.5, 0.6) is 0 Å². The molecule has 1 aromatic carbocycles. The molecule has 0 heterocycles. The number of nitrogens with one attached hydrogen (secondary N) is 1. The van der Waals surface area contributed by atoms with Crippen molar-refractivity contribution in [2.24, 2.45) is 5.92 Å². The van der Waals surface area contributed by atoms with Crippen molar-refractivity contribution in [1.82, 2.24) is 10.2 Å². The zero-order chi connectivity index (χ0) is 19.6. The average molecular weight is 484 g/mol. The van der Waals surface area contributed by atoms with Crippen LogP contribution in [-0.2, 0) is 4.79 Å². The number of rotatable bonds is 9. The lowest BCUT2D eigenvalue weighted by Gasteiger charge is -2.38. The van der Waals surface area contributed by atoms with E-state index in [1.54, 1.807) is 0 Å². The largest absolute Gasteiger partial charge is 0.354 e. The summed E-state index contributed by atoms with van der Waals surface area (Å²) < 4.78 is 0.940. The molecular formula is C22H33IN2O2. The van der Waals surface area contributed by atoms with Gasteiger partial charge in [-0.1, -0.05) is 51.7 Å². The molecule has 0 spiro atoms. The summed E-state index contributed by atoms with van der Waals surface area (Å²) in [4.78, 5) is 28.4. The smallest absolute Gasteiger partial charge is 0.255 e. The van der Waals surface area contributed by atoms with E-state index in [2.05, 4.69) is 41.8 Å². The standard InChI is InChI=1S/C22H33IN2O2/c1-3-5-15-24-21(26)20(17-11-7-6-8-12-17)25(16-4-2)22(27)18-13-9-10-14-19(18)23/h9-10,13-14,17,20H,3-8,11-12,15-16H2,1-2H3,(H,24,26). The molecule has 1 fully saturated rings. The third-order valence-electron chi connectivity index (χ3n) is 5.36. The fourth-order valence-corrected chi connectivity index (χ4v) is 4.57. The zero-order valence-corrected chi connectivity index (χ0v) is 18.8. The SMILES string of the molecule is CCCCNC(=O)C(C1CCCCC1)N(CCC)C(=O)c1ccccc1I. The molecule has 1 saturated carbocycles. The molecule has 1 aromatic rings. The molecule has 0 bridgehead atoms. The molecule has 1 atom stereocenters. The molecule has 1 aliphatic rings. The molecule has 0 aromatic heterocycles. The molecule has 2 rings (SSSR count).